The molecule has 0 atom stereocenters. The fraction of sp³-hybridized carbons (Fsp3) is 0.412. The van der Waals surface area contributed by atoms with Crippen molar-refractivity contribution in [2.45, 2.75) is 47.1 Å². The lowest BCUT2D eigenvalue weighted by molar-refractivity contribution is -0.952. The maximum Gasteiger partial charge on any atom is 0.271 e. The van der Waals surface area contributed by atoms with Crippen molar-refractivity contribution in [2.75, 3.05) is 0 Å². The van der Waals surface area contributed by atoms with E-state index in [0.717, 1.165) is 38.5 Å². The van der Waals surface area contributed by atoms with E-state index in [9.17, 15) is 5.21 Å². The summed E-state index contributed by atoms with van der Waals surface area (Å²) in [6, 6.07) is 6.03. The molecule has 2 rings (SSSR count). The zero-order chi connectivity index (χ0) is 15.8. The number of benzene rings is 1. The van der Waals surface area contributed by atoms with Crippen LogP contribution < -0.4 is 9.58 Å². The average Bonchev–Trinajstić information content (AvgIpc) is 2.35. The molecular formula is C17H23N2O2+. The molecule has 0 fully saturated rings. The van der Waals surface area contributed by atoms with E-state index in [1.807, 2.05) is 59.7 Å². The average molecular weight is 287 g/mol. The summed E-state index contributed by atoms with van der Waals surface area (Å²) in [5.41, 5.74) is 4.73. The molecule has 1 aromatic heterocycles. The van der Waals surface area contributed by atoms with Crippen LogP contribution in [0.2, 0.25) is 0 Å². The first-order chi connectivity index (χ1) is 9.69. The van der Waals surface area contributed by atoms with Crippen LogP contribution in [0.15, 0.2) is 24.4 Å². The second kappa shape index (κ2) is 5.35. The van der Waals surface area contributed by atoms with Crippen LogP contribution in [0.5, 0.6) is 5.75 Å². The Morgan fingerprint density at radius 2 is 1.76 bits per heavy atom. The predicted octanol–water partition coefficient (Wildman–Crippen LogP) is 3.38. The molecule has 0 saturated heterocycles. The molecule has 0 aliphatic rings. The van der Waals surface area contributed by atoms with Crippen molar-refractivity contribution in [3.8, 4) is 16.9 Å². The highest BCUT2D eigenvalue weighted by molar-refractivity contribution is 5.71. The molecule has 1 heterocycles. The Hall–Kier alpha value is -2.10. The number of rotatable bonds is 2. The van der Waals surface area contributed by atoms with Gasteiger partial charge < -0.3 is 4.74 Å². The van der Waals surface area contributed by atoms with Crippen molar-refractivity contribution in [3.05, 3.63) is 41.2 Å². The number of nitrogens with zero attached hydrogens (tertiary/aromatic N) is 2. The summed E-state index contributed by atoms with van der Waals surface area (Å²) in [7, 11) is 0. The van der Waals surface area contributed by atoms with E-state index < -0.39 is 0 Å². The van der Waals surface area contributed by atoms with E-state index >= 15 is 0 Å². The van der Waals surface area contributed by atoms with E-state index in [1.54, 1.807) is 6.20 Å². The molecule has 0 saturated carbocycles. The van der Waals surface area contributed by atoms with Gasteiger partial charge in [-0.25, -0.2) is 0 Å². The Labute approximate surface area is 126 Å². The maximum absolute atomic E-state index is 9.77. The molecule has 0 unspecified atom stereocenters. The summed E-state index contributed by atoms with van der Waals surface area (Å²) in [5.74, 6) is 0.852. The number of aromatic nitrogens is 2. The number of aryl methyl sites for hydroxylation is 2. The summed E-state index contributed by atoms with van der Waals surface area (Å²) in [6.07, 6.45) is 1.67. The standard InChI is InChI=1S/C17H23N2O2/c1-11-9-14(21-17(4,5)6)7-8-15(11)16-12(2)10-18-19(20)13(16)3/h7-10H,1-6H3,(H,18,20)/q+1. The van der Waals surface area contributed by atoms with E-state index in [2.05, 4.69) is 5.10 Å². The van der Waals surface area contributed by atoms with Crippen LogP contribution >= 0.6 is 0 Å². The van der Waals surface area contributed by atoms with Gasteiger partial charge in [0.25, 0.3) is 5.69 Å². The molecular weight excluding hydrogens is 264 g/mol. The molecule has 0 aliphatic heterocycles. The maximum atomic E-state index is 9.77. The van der Waals surface area contributed by atoms with Crippen molar-refractivity contribution < 1.29 is 14.8 Å². The fourth-order valence-corrected chi connectivity index (χ4v) is 2.42. The van der Waals surface area contributed by atoms with E-state index in [1.165, 1.54) is 0 Å². The Morgan fingerprint density at radius 1 is 1.10 bits per heavy atom. The van der Waals surface area contributed by atoms with Crippen LogP contribution in [0.1, 0.15) is 37.6 Å². The summed E-state index contributed by atoms with van der Waals surface area (Å²) < 4.78 is 5.89. The van der Waals surface area contributed by atoms with Gasteiger partial charge >= 0.3 is 0 Å². The normalized spacial score (nSPS) is 11.5. The molecule has 1 aromatic carbocycles. The first-order valence-electron chi connectivity index (χ1n) is 7.07. The third-order valence-electron chi connectivity index (χ3n) is 3.31. The molecule has 4 nitrogen and oxygen atoms in total. The molecule has 0 bridgehead atoms. The van der Waals surface area contributed by atoms with Gasteiger partial charge in [-0.3, -0.25) is 5.21 Å². The van der Waals surface area contributed by atoms with E-state index in [0.29, 0.717) is 0 Å². The highest BCUT2D eigenvalue weighted by atomic mass is 16.5. The first-order valence-corrected chi connectivity index (χ1v) is 7.07. The number of ether oxygens (including phenoxy) is 1. The van der Waals surface area contributed by atoms with Crippen molar-refractivity contribution in [1.82, 2.24) is 5.10 Å². The molecule has 0 radical (unpaired) electrons. The van der Waals surface area contributed by atoms with Crippen LogP contribution in [0.25, 0.3) is 11.1 Å². The summed E-state index contributed by atoms with van der Waals surface area (Å²) in [5, 5.41) is 13.7. The Balaban J connectivity index is 2.50. The summed E-state index contributed by atoms with van der Waals surface area (Å²) in [6.45, 7) is 12.0. The lowest BCUT2D eigenvalue weighted by Crippen LogP contribution is -2.38. The third kappa shape index (κ3) is 3.32. The van der Waals surface area contributed by atoms with Crippen molar-refractivity contribution in [3.63, 3.8) is 0 Å². The van der Waals surface area contributed by atoms with Gasteiger partial charge in [-0.05, 0) is 63.4 Å². The second-order valence-corrected chi connectivity index (χ2v) is 6.37. The largest absolute Gasteiger partial charge is 0.488 e. The van der Waals surface area contributed by atoms with Gasteiger partial charge in [-0.15, -0.1) is 0 Å². The minimum Gasteiger partial charge on any atom is -0.488 e. The van der Waals surface area contributed by atoms with Crippen LogP contribution in [-0.4, -0.2) is 15.9 Å². The molecule has 112 valence electrons. The van der Waals surface area contributed by atoms with Gasteiger partial charge in [-0.2, -0.15) is 0 Å². The minimum atomic E-state index is -0.218. The Kier molecular flexibility index (Phi) is 3.90. The van der Waals surface area contributed by atoms with E-state index in [4.69, 9.17) is 4.74 Å². The van der Waals surface area contributed by atoms with Gasteiger partial charge in [0.05, 0.1) is 5.56 Å². The topological polar surface area (TPSA) is 46.2 Å². The number of hydrogen-bond acceptors (Lipinski definition) is 3. The minimum absolute atomic E-state index is 0.218. The summed E-state index contributed by atoms with van der Waals surface area (Å²) in [4.78, 5) is 0.918. The van der Waals surface area contributed by atoms with Crippen LogP contribution in [-0.2, 0) is 0 Å². The number of hydrogen-bond donors (Lipinski definition) is 1. The summed E-state index contributed by atoms with van der Waals surface area (Å²) >= 11 is 0. The molecule has 0 amide bonds. The SMILES string of the molecule is Cc1cc(OC(C)(C)C)ccc1-c1c(C)cn[n+](O)c1C. The van der Waals surface area contributed by atoms with Crippen LogP contribution in [0.3, 0.4) is 0 Å². The molecule has 1 N–H and O–H groups in total. The quantitative estimate of drug-likeness (QED) is 0.680. The molecule has 0 spiro atoms. The molecule has 21 heavy (non-hydrogen) atoms. The van der Waals surface area contributed by atoms with Gasteiger partial charge in [0.1, 0.15) is 22.4 Å². The molecule has 2 aromatic rings. The van der Waals surface area contributed by atoms with Crippen molar-refractivity contribution >= 4 is 0 Å². The highest BCUT2D eigenvalue weighted by Gasteiger charge is 2.20. The van der Waals surface area contributed by atoms with Crippen LogP contribution in [0.4, 0.5) is 0 Å². The zero-order valence-corrected chi connectivity index (χ0v) is 13.6. The second-order valence-electron chi connectivity index (χ2n) is 6.37. The Morgan fingerprint density at radius 3 is 2.33 bits per heavy atom. The fourth-order valence-electron chi connectivity index (χ4n) is 2.42. The third-order valence-corrected chi connectivity index (χ3v) is 3.31. The lowest BCUT2D eigenvalue weighted by atomic mass is 9.96. The highest BCUT2D eigenvalue weighted by Crippen LogP contribution is 2.31. The Bertz CT molecular complexity index is 673. The van der Waals surface area contributed by atoms with Gasteiger partial charge in [-0.1, -0.05) is 6.07 Å². The van der Waals surface area contributed by atoms with Gasteiger partial charge in [0.15, 0.2) is 0 Å². The smallest absolute Gasteiger partial charge is 0.271 e. The molecule has 0 aliphatic carbocycles. The van der Waals surface area contributed by atoms with Gasteiger partial charge in [0, 0.05) is 12.0 Å². The lowest BCUT2D eigenvalue weighted by Gasteiger charge is -2.22. The first kappa shape index (κ1) is 15.3. The van der Waals surface area contributed by atoms with Crippen molar-refractivity contribution in [1.29, 1.82) is 0 Å². The zero-order valence-electron chi connectivity index (χ0n) is 13.6. The monoisotopic (exact) mass is 287 g/mol. The van der Waals surface area contributed by atoms with Gasteiger partial charge in [0.2, 0.25) is 0 Å². The van der Waals surface area contributed by atoms with E-state index in [-0.39, 0.29) is 5.60 Å². The molecule has 4 heteroatoms. The van der Waals surface area contributed by atoms with Crippen molar-refractivity contribution in [2.24, 2.45) is 0 Å². The van der Waals surface area contributed by atoms with Crippen LogP contribution in [0, 0.1) is 20.8 Å². The predicted molar refractivity (Wildman–Crippen MR) is 81.6 cm³/mol.